The van der Waals surface area contributed by atoms with Crippen molar-refractivity contribution in [3.63, 3.8) is 0 Å². The minimum Gasteiger partial charge on any atom is -0.468 e. The van der Waals surface area contributed by atoms with Crippen LogP contribution in [0, 0.1) is 0 Å². The number of benzene rings is 2. The molecule has 1 N–H and O–H groups in total. The molecule has 0 bridgehead atoms. The van der Waals surface area contributed by atoms with Crippen LogP contribution in [-0.4, -0.2) is 19.0 Å². The fourth-order valence-electron chi connectivity index (χ4n) is 2.43. The number of nitrogens with zero attached hydrogens (tertiary/aromatic N) is 1. The van der Waals surface area contributed by atoms with E-state index in [9.17, 15) is 4.79 Å². The summed E-state index contributed by atoms with van der Waals surface area (Å²) in [5.41, 5.74) is 0.555. The maximum absolute atomic E-state index is 12.6. The average molecular weight is 266 g/mol. The molecule has 1 amide bonds. The van der Waals surface area contributed by atoms with Gasteiger partial charge in [-0.2, -0.15) is 0 Å². The molecular weight excluding hydrogens is 252 g/mol. The SMILES string of the molecule is COC1=NC(c2ccccc2)(c2ccccc2)C(=O)N1. The molecule has 0 aromatic heterocycles. The minimum absolute atomic E-state index is 0.202. The van der Waals surface area contributed by atoms with E-state index in [0.29, 0.717) is 0 Å². The highest BCUT2D eigenvalue weighted by Crippen LogP contribution is 2.36. The van der Waals surface area contributed by atoms with Crippen molar-refractivity contribution in [3.05, 3.63) is 71.8 Å². The maximum atomic E-state index is 12.6. The highest BCUT2D eigenvalue weighted by atomic mass is 16.5. The molecule has 1 aliphatic heterocycles. The van der Waals surface area contributed by atoms with Crippen molar-refractivity contribution in [3.8, 4) is 0 Å². The Morgan fingerprint density at radius 2 is 1.45 bits per heavy atom. The van der Waals surface area contributed by atoms with E-state index in [1.807, 2.05) is 60.7 Å². The summed E-state index contributed by atoms with van der Waals surface area (Å²) in [5, 5.41) is 2.68. The number of nitrogens with one attached hydrogen (secondary N) is 1. The fraction of sp³-hybridized carbons (Fsp3) is 0.125. The lowest BCUT2D eigenvalue weighted by molar-refractivity contribution is -0.122. The van der Waals surface area contributed by atoms with Gasteiger partial charge in [0.25, 0.3) is 11.9 Å². The van der Waals surface area contributed by atoms with Crippen molar-refractivity contribution in [2.45, 2.75) is 5.54 Å². The third-order valence-electron chi connectivity index (χ3n) is 3.39. The Bertz CT molecular complexity index is 611. The molecule has 4 nitrogen and oxygen atoms in total. The van der Waals surface area contributed by atoms with E-state index in [-0.39, 0.29) is 11.9 Å². The van der Waals surface area contributed by atoms with Gasteiger partial charge >= 0.3 is 0 Å². The second kappa shape index (κ2) is 4.81. The van der Waals surface area contributed by atoms with Gasteiger partial charge in [-0.1, -0.05) is 60.7 Å². The summed E-state index contributed by atoms with van der Waals surface area (Å²) in [6, 6.07) is 19.2. The molecule has 20 heavy (non-hydrogen) atoms. The normalized spacial score (nSPS) is 16.4. The van der Waals surface area contributed by atoms with E-state index >= 15 is 0 Å². The third kappa shape index (κ3) is 1.77. The summed E-state index contributed by atoms with van der Waals surface area (Å²) in [4.78, 5) is 17.1. The Hall–Kier alpha value is -2.62. The van der Waals surface area contributed by atoms with Crippen molar-refractivity contribution < 1.29 is 9.53 Å². The Morgan fingerprint density at radius 3 is 1.85 bits per heavy atom. The molecule has 100 valence electrons. The lowest BCUT2D eigenvalue weighted by atomic mass is 9.83. The Labute approximate surface area is 117 Å². The zero-order chi connectivity index (χ0) is 14.0. The molecule has 0 saturated heterocycles. The molecule has 0 atom stereocenters. The van der Waals surface area contributed by atoms with Crippen LogP contribution in [0.2, 0.25) is 0 Å². The molecule has 1 aliphatic rings. The number of amides is 1. The second-order valence-electron chi connectivity index (χ2n) is 4.52. The molecule has 0 spiro atoms. The van der Waals surface area contributed by atoms with Crippen LogP contribution >= 0.6 is 0 Å². The molecule has 0 saturated carbocycles. The first kappa shape index (κ1) is 12.4. The van der Waals surface area contributed by atoms with Gasteiger partial charge in [-0.25, -0.2) is 4.99 Å². The summed E-state index contributed by atoms with van der Waals surface area (Å²) in [7, 11) is 1.49. The van der Waals surface area contributed by atoms with Gasteiger partial charge in [0.05, 0.1) is 7.11 Å². The van der Waals surface area contributed by atoms with Gasteiger partial charge < -0.3 is 4.74 Å². The number of methoxy groups -OCH3 is 1. The molecular formula is C16H14N2O2. The standard InChI is InChI=1S/C16H14N2O2/c1-20-15-17-14(19)16(18-15,12-8-4-2-5-9-12)13-10-6-3-7-11-13/h2-11H,1H3,(H,17,18,19). The topological polar surface area (TPSA) is 50.7 Å². The predicted molar refractivity (Wildman–Crippen MR) is 76.3 cm³/mol. The smallest absolute Gasteiger partial charge is 0.293 e. The van der Waals surface area contributed by atoms with E-state index in [4.69, 9.17) is 4.74 Å². The van der Waals surface area contributed by atoms with Crippen LogP contribution in [0.15, 0.2) is 65.7 Å². The first-order chi connectivity index (χ1) is 9.77. The van der Waals surface area contributed by atoms with Crippen molar-refractivity contribution in [1.82, 2.24) is 5.32 Å². The molecule has 1 heterocycles. The highest BCUT2D eigenvalue weighted by Gasteiger charge is 2.47. The third-order valence-corrected chi connectivity index (χ3v) is 3.39. The van der Waals surface area contributed by atoms with Crippen LogP contribution in [0.3, 0.4) is 0 Å². The van der Waals surface area contributed by atoms with Gasteiger partial charge in [-0.3, -0.25) is 10.1 Å². The number of amidine groups is 1. The lowest BCUT2D eigenvalue weighted by Crippen LogP contribution is -2.38. The van der Waals surface area contributed by atoms with E-state index in [2.05, 4.69) is 10.3 Å². The van der Waals surface area contributed by atoms with Crippen molar-refractivity contribution in [2.24, 2.45) is 4.99 Å². The molecule has 0 aliphatic carbocycles. The molecule has 2 aromatic rings. The fourth-order valence-corrected chi connectivity index (χ4v) is 2.43. The van der Waals surface area contributed by atoms with Gasteiger partial charge in [0.2, 0.25) is 0 Å². The number of hydrogen-bond donors (Lipinski definition) is 1. The summed E-state index contributed by atoms with van der Waals surface area (Å²) >= 11 is 0. The molecule has 0 fully saturated rings. The van der Waals surface area contributed by atoms with Crippen molar-refractivity contribution in [1.29, 1.82) is 0 Å². The number of aliphatic imine (C=N–C) groups is 1. The van der Waals surface area contributed by atoms with Crippen LogP contribution < -0.4 is 5.32 Å². The van der Waals surface area contributed by atoms with Gasteiger partial charge in [0.15, 0.2) is 5.54 Å². The Balaban J connectivity index is 2.25. The Kier molecular flexibility index (Phi) is 2.99. The van der Waals surface area contributed by atoms with Crippen LogP contribution in [-0.2, 0) is 15.1 Å². The van der Waals surface area contributed by atoms with E-state index in [0.717, 1.165) is 11.1 Å². The first-order valence-electron chi connectivity index (χ1n) is 6.34. The zero-order valence-electron chi connectivity index (χ0n) is 11.0. The zero-order valence-corrected chi connectivity index (χ0v) is 11.0. The van der Waals surface area contributed by atoms with Crippen molar-refractivity contribution in [2.75, 3.05) is 7.11 Å². The van der Waals surface area contributed by atoms with E-state index in [1.54, 1.807) is 0 Å². The summed E-state index contributed by atoms with van der Waals surface area (Å²) < 4.78 is 5.10. The number of ether oxygens (including phenoxy) is 1. The van der Waals surface area contributed by atoms with Crippen LogP contribution in [0.25, 0.3) is 0 Å². The monoisotopic (exact) mass is 266 g/mol. The van der Waals surface area contributed by atoms with E-state index < -0.39 is 5.54 Å². The molecule has 3 rings (SSSR count). The molecule has 2 aromatic carbocycles. The number of carbonyl (C=O) groups excluding carboxylic acids is 1. The largest absolute Gasteiger partial charge is 0.468 e. The van der Waals surface area contributed by atoms with Crippen molar-refractivity contribution >= 4 is 11.9 Å². The Morgan fingerprint density at radius 1 is 0.950 bits per heavy atom. The van der Waals surface area contributed by atoms with Crippen LogP contribution in [0.5, 0.6) is 0 Å². The van der Waals surface area contributed by atoms with E-state index in [1.165, 1.54) is 7.11 Å². The minimum atomic E-state index is -1.08. The van der Waals surface area contributed by atoms with Crippen LogP contribution in [0.1, 0.15) is 11.1 Å². The molecule has 4 heteroatoms. The van der Waals surface area contributed by atoms with Gasteiger partial charge in [0.1, 0.15) is 0 Å². The summed E-state index contributed by atoms with van der Waals surface area (Å²) in [6.07, 6.45) is 0. The number of rotatable bonds is 2. The molecule has 0 unspecified atom stereocenters. The van der Waals surface area contributed by atoms with Gasteiger partial charge in [-0.05, 0) is 11.1 Å². The highest BCUT2D eigenvalue weighted by molar-refractivity contribution is 6.07. The van der Waals surface area contributed by atoms with Gasteiger partial charge in [0, 0.05) is 0 Å². The quantitative estimate of drug-likeness (QED) is 0.904. The van der Waals surface area contributed by atoms with Crippen LogP contribution in [0.4, 0.5) is 0 Å². The van der Waals surface area contributed by atoms with Gasteiger partial charge in [-0.15, -0.1) is 0 Å². The average Bonchev–Trinajstić information content (AvgIpc) is 2.87. The second-order valence-corrected chi connectivity index (χ2v) is 4.52. The summed E-state index contributed by atoms with van der Waals surface area (Å²) in [5.74, 6) is -0.202. The lowest BCUT2D eigenvalue weighted by Gasteiger charge is -2.24. The maximum Gasteiger partial charge on any atom is 0.293 e. The first-order valence-corrected chi connectivity index (χ1v) is 6.34. The number of carbonyl (C=O) groups is 1. The predicted octanol–water partition coefficient (Wildman–Crippen LogP) is 2.06. The number of hydrogen-bond acceptors (Lipinski definition) is 3. The summed E-state index contributed by atoms with van der Waals surface area (Å²) in [6.45, 7) is 0. The molecule has 0 radical (unpaired) electrons.